The van der Waals surface area contributed by atoms with Crippen molar-refractivity contribution < 1.29 is 14.3 Å². The first-order chi connectivity index (χ1) is 12.2. The van der Waals surface area contributed by atoms with Crippen LogP contribution < -0.4 is 14.8 Å². The molecule has 0 bridgehead atoms. The summed E-state index contributed by atoms with van der Waals surface area (Å²) in [4.78, 5) is 12.7. The van der Waals surface area contributed by atoms with E-state index in [-0.39, 0.29) is 11.9 Å². The Labute approximate surface area is 147 Å². The van der Waals surface area contributed by atoms with Crippen molar-refractivity contribution in [2.24, 2.45) is 0 Å². The van der Waals surface area contributed by atoms with Crippen molar-refractivity contribution in [1.29, 1.82) is 0 Å². The Morgan fingerprint density at radius 2 is 1.84 bits per heavy atom. The van der Waals surface area contributed by atoms with Crippen LogP contribution in [0.25, 0.3) is 11.3 Å². The lowest BCUT2D eigenvalue weighted by molar-refractivity contribution is 0.0934. The fraction of sp³-hybridized carbons (Fsp3) is 0.474. The number of amides is 1. The first-order valence-corrected chi connectivity index (χ1v) is 8.79. The van der Waals surface area contributed by atoms with Crippen molar-refractivity contribution in [2.45, 2.75) is 44.6 Å². The van der Waals surface area contributed by atoms with E-state index < -0.39 is 0 Å². The van der Waals surface area contributed by atoms with Crippen molar-refractivity contribution >= 4 is 5.91 Å². The number of H-pyrrole nitrogens is 1. The van der Waals surface area contributed by atoms with Gasteiger partial charge in [0.2, 0.25) is 0 Å². The van der Waals surface area contributed by atoms with Crippen LogP contribution in [-0.2, 0) is 0 Å². The van der Waals surface area contributed by atoms with E-state index in [2.05, 4.69) is 15.5 Å². The summed E-state index contributed by atoms with van der Waals surface area (Å²) in [5, 5.41) is 10.2. The van der Waals surface area contributed by atoms with Gasteiger partial charge in [0.1, 0.15) is 0 Å². The molecule has 6 heteroatoms. The number of nitrogens with zero attached hydrogens (tertiary/aromatic N) is 1. The second-order valence-electron chi connectivity index (χ2n) is 6.39. The monoisotopic (exact) mass is 343 g/mol. The lowest BCUT2D eigenvalue weighted by atomic mass is 10.1. The number of nitrogens with one attached hydrogen (secondary N) is 2. The van der Waals surface area contributed by atoms with Gasteiger partial charge in [-0.2, -0.15) is 5.10 Å². The maximum Gasteiger partial charge on any atom is 0.255 e. The van der Waals surface area contributed by atoms with Crippen LogP contribution in [0.1, 0.15) is 48.9 Å². The van der Waals surface area contributed by atoms with E-state index >= 15 is 0 Å². The molecule has 0 atom stereocenters. The third kappa shape index (κ3) is 3.95. The number of aromatic amines is 1. The highest BCUT2D eigenvalue weighted by Gasteiger charge is 2.20. The molecule has 0 radical (unpaired) electrons. The van der Waals surface area contributed by atoms with Gasteiger partial charge in [0.05, 0.1) is 31.7 Å². The van der Waals surface area contributed by atoms with E-state index in [9.17, 15) is 4.79 Å². The van der Waals surface area contributed by atoms with Crippen LogP contribution in [0.15, 0.2) is 24.4 Å². The number of carbonyl (C=O) groups is 1. The van der Waals surface area contributed by atoms with Gasteiger partial charge in [-0.25, -0.2) is 0 Å². The summed E-state index contributed by atoms with van der Waals surface area (Å²) < 4.78 is 10.6. The highest BCUT2D eigenvalue weighted by Crippen LogP contribution is 2.32. The van der Waals surface area contributed by atoms with Crippen LogP contribution in [0.2, 0.25) is 0 Å². The van der Waals surface area contributed by atoms with Gasteiger partial charge in [0.25, 0.3) is 5.91 Å². The second kappa shape index (κ2) is 8.05. The SMILES string of the molecule is COc1ccc(-c2[nH]ncc2C(=O)NC2CCCCCC2)cc1OC. The zero-order valence-electron chi connectivity index (χ0n) is 14.8. The molecule has 0 unspecified atom stereocenters. The molecule has 6 nitrogen and oxygen atoms in total. The van der Waals surface area contributed by atoms with Crippen molar-refractivity contribution in [3.63, 3.8) is 0 Å². The average Bonchev–Trinajstić information content (AvgIpc) is 3.00. The Morgan fingerprint density at radius 3 is 2.52 bits per heavy atom. The van der Waals surface area contributed by atoms with E-state index in [1.807, 2.05) is 18.2 Å². The number of ether oxygens (including phenoxy) is 2. The minimum absolute atomic E-state index is 0.0783. The van der Waals surface area contributed by atoms with Gasteiger partial charge in [0, 0.05) is 11.6 Å². The lowest BCUT2D eigenvalue weighted by Crippen LogP contribution is -2.34. The van der Waals surface area contributed by atoms with Gasteiger partial charge in [-0.05, 0) is 31.0 Å². The number of benzene rings is 1. The number of hydrogen-bond donors (Lipinski definition) is 2. The summed E-state index contributed by atoms with van der Waals surface area (Å²) in [5.74, 6) is 1.19. The highest BCUT2D eigenvalue weighted by molar-refractivity contribution is 6.00. The van der Waals surface area contributed by atoms with Gasteiger partial charge >= 0.3 is 0 Å². The standard InChI is InChI=1S/C19H25N3O3/c1-24-16-10-9-13(11-17(16)25-2)18-15(12-20-22-18)19(23)21-14-7-5-3-4-6-8-14/h9-12,14H,3-8H2,1-2H3,(H,20,22)(H,21,23). The number of aromatic nitrogens is 2. The molecule has 1 fully saturated rings. The zero-order valence-corrected chi connectivity index (χ0v) is 14.8. The van der Waals surface area contributed by atoms with Crippen molar-refractivity contribution in [3.05, 3.63) is 30.0 Å². The summed E-state index contributed by atoms with van der Waals surface area (Å²) in [6.07, 6.45) is 8.56. The highest BCUT2D eigenvalue weighted by atomic mass is 16.5. The molecule has 1 aromatic heterocycles. The number of methoxy groups -OCH3 is 2. The molecule has 25 heavy (non-hydrogen) atoms. The Morgan fingerprint density at radius 1 is 1.12 bits per heavy atom. The van der Waals surface area contributed by atoms with E-state index in [4.69, 9.17) is 9.47 Å². The summed E-state index contributed by atoms with van der Waals surface area (Å²) in [6, 6.07) is 5.80. The van der Waals surface area contributed by atoms with Crippen molar-refractivity contribution in [3.8, 4) is 22.8 Å². The fourth-order valence-electron chi connectivity index (χ4n) is 3.36. The summed E-state index contributed by atoms with van der Waals surface area (Å²) in [6.45, 7) is 0. The van der Waals surface area contributed by atoms with Gasteiger partial charge < -0.3 is 14.8 Å². The Hall–Kier alpha value is -2.50. The lowest BCUT2D eigenvalue weighted by Gasteiger charge is -2.16. The first kappa shape index (κ1) is 17.3. The maximum absolute atomic E-state index is 12.7. The minimum Gasteiger partial charge on any atom is -0.493 e. The molecule has 1 saturated carbocycles. The molecule has 1 aromatic carbocycles. The Bertz CT molecular complexity index is 718. The third-order valence-corrected chi connectivity index (χ3v) is 4.75. The molecule has 2 aromatic rings. The van der Waals surface area contributed by atoms with Crippen LogP contribution in [0.3, 0.4) is 0 Å². The molecule has 0 spiro atoms. The van der Waals surface area contributed by atoms with Gasteiger partial charge in [-0.3, -0.25) is 9.89 Å². The minimum atomic E-state index is -0.0783. The largest absolute Gasteiger partial charge is 0.493 e. The van der Waals surface area contributed by atoms with Crippen LogP contribution >= 0.6 is 0 Å². The molecule has 1 aliphatic rings. The molecule has 0 saturated heterocycles. The summed E-state index contributed by atoms with van der Waals surface area (Å²) in [7, 11) is 3.19. The fourth-order valence-corrected chi connectivity index (χ4v) is 3.36. The number of rotatable bonds is 5. The van der Waals surface area contributed by atoms with Crippen LogP contribution in [0, 0.1) is 0 Å². The zero-order chi connectivity index (χ0) is 17.6. The number of hydrogen-bond acceptors (Lipinski definition) is 4. The van der Waals surface area contributed by atoms with Crippen LogP contribution in [0.4, 0.5) is 0 Å². The molecule has 1 amide bonds. The van der Waals surface area contributed by atoms with Crippen molar-refractivity contribution in [2.75, 3.05) is 14.2 Å². The van der Waals surface area contributed by atoms with Gasteiger partial charge in [-0.15, -0.1) is 0 Å². The molecule has 134 valence electrons. The molecular weight excluding hydrogens is 318 g/mol. The predicted molar refractivity (Wildman–Crippen MR) is 96.1 cm³/mol. The van der Waals surface area contributed by atoms with E-state index in [0.717, 1.165) is 18.4 Å². The van der Waals surface area contributed by atoms with Gasteiger partial charge in [0.15, 0.2) is 11.5 Å². The van der Waals surface area contributed by atoms with Crippen LogP contribution in [-0.4, -0.2) is 36.4 Å². The molecule has 1 heterocycles. The topological polar surface area (TPSA) is 76.2 Å². The summed E-state index contributed by atoms with van der Waals surface area (Å²) >= 11 is 0. The Kier molecular flexibility index (Phi) is 5.58. The maximum atomic E-state index is 12.7. The molecule has 2 N–H and O–H groups in total. The molecular formula is C19H25N3O3. The van der Waals surface area contributed by atoms with E-state index in [1.165, 1.54) is 25.7 Å². The first-order valence-electron chi connectivity index (χ1n) is 8.79. The summed E-state index contributed by atoms with van der Waals surface area (Å²) in [5.41, 5.74) is 2.07. The third-order valence-electron chi connectivity index (χ3n) is 4.75. The van der Waals surface area contributed by atoms with E-state index in [1.54, 1.807) is 20.4 Å². The van der Waals surface area contributed by atoms with Crippen molar-refractivity contribution in [1.82, 2.24) is 15.5 Å². The van der Waals surface area contributed by atoms with E-state index in [0.29, 0.717) is 22.8 Å². The van der Waals surface area contributed by atoms with Gasteiger partial charge in [-0.1, -0.05) is 25.7 Å². The molecule has 0 aliphatic heterocycles. The average molecular weight is 343 g/mol. The number of carbonyl (C=O) groups excluding carboxylic acids is 1. The molecule has 3 rings (SSSR count). The predicted octanol–water partition coefficient (Wildman–Crippen LogP) is 3.55. The quantitative estimate of drug-likeness (QED) is 0.814. The Balaban J connectivity index is 1.81. The molecule has 1 aliphatic carbocycles. The second-order valence-corrected chi connectivity index (χ2v) is 6.39. The van der Waals surface area contributed by atoms with Crippen LogP contribution in [0.5, 0.6) is 11.5 Å². The normalized spacial score (nSPS) is 15.4. The smallest absolute Gasteiger partial charge is 0.255 e.